The molecule has 19 heavy (non-hydrogen) atoms. The van der Waals surface area contributed by atoms with Crippen molar-refractivity contribution >= 4 is 6.09 Å². The van der Waals surface area contributed by atoms with Crippen molar-refractivity contribution in [1.82, 2.24) is 10.2 Å². The molecule has 5 heteroatoms. The molecule has 5 nitrogen and oxygen atoms in total. The minimum absolute atomic E-state index is 0.0880. The predicted molar refractivity (Wildman–Crippen MR) is 73.2 cm³/mol. The zero-order valence-electron chi connectivity index (χ0n) is 12.5. The molecule has 1 amide bonds. The summed E-state index contributed by atoms with van der Waals surface area (Å²) in [5, 5.41) is 3.25. The summed E-state index contributed by atoms with van der Waals surface area (Å²) >= 11 is 0. The first-order valence-electron chi connectivity index (χ1n) is 7.11. The minimum atomic E-state index is -0.429. The Morgan fingerprint density at radius 3 is 2.58 bits per heavy atom. The monoisotopic (exact) mass is 270 g/mol. The van der Waals surface area contributed by atoms with E-state index >= 15 is 0 Å². The second kappa shape index (κ2) is 5.29. The van der Waals surface area contributed by atoms with Gasteiger partial charge in [0, 0.05) is 32.8 Å². The number of likely N-dealkylation sites (tertiary alicyclic amines) is 1. The molecular formula is C14H26N2O3. The zero-order valence-corrected chi connectivity index (χ0v) is 12.5. The van der Waals surface area contributed by atoms with Crippen LogP contribution in [-0.2, 0) is 9.47 Å². The SMILES string of the molecule is COC1(CC2CCCN2C(=O)OC(C)(C)C)CNC1. The normalized spacial score (nSPS) is 26.1. The Bertz CT molecular complexity index is 329. The summed E-state index contributed by atoms with van der Waals surface area (Å²) in [5.41, 5.74) is -0.517. The lowest BCUT2D eigenvalue weighted by molar-refractivity contribution is -0.0707. The number of rotatable bonds is 3. The molecule has 2 heterocycles. The highest BCUT2D eigenvalue weighted by Crippen LogP contribution is 2.30. The van der Waals surface area contributed by atoms with Crippen LogP contribution in [-0.4, -0.2) is 55.0 Å². The lowest BCUT2D eigenvalue weighted by Crippen LogP contribution is -2.62. The predicted octanol–water partition coefficient (Wildman–Crippen LogP) is 1.76. The highest BCUT2D eigenvalue weighted by Gasteiger charge is 2.43. The van der Waals surface area contributed by atoms with Crippen LogP contribution in [0.3, 0.4) is 0 Å². The number of nitrogens with zero attached hydrogens (tertiary/aromatic N) is 1. The van der Waals surface area contributed by atoms with Gasteiger partial charge in [-0.15, -0.1) is 0 Å². The van der Waals surface area contributed by atoms with Gasteiger partial charge >= 0.3 is 6.09 Å². The molecule has 2 aliphatic heterocycles. The summed E-state index contributed by atoms with van der Waals surface area (Å²) in [7, 11) is 1.76. The molecule has 0 aromatic carbocycles. The largest absolute Gasteiger partial charge is 0.444 e. The van der Waals surface area contributed by atoms with Crippen molar-refractivity contribution in [2.75, 3.05) is 26.7 Å². The van der Waals surface area contributed by atoms with Gasteiger partial charge in [0.05, 0.1) is 5.60 Å². The molecule has 0 aliphatic carbocycles. The average molecular weight is 270 g/mol. The molecular weight excluding hydrogens is 244 g/mol. The van der Waals surface area contributed by atoms with E-state index in [1.54, 1.807) is 7.11 Å². The van der Waals surface area contributed by atoms with Crippen molar-refractivity contribution in [2.45, 2.75) is 57.3 Å². The topological polar surface area (TPSA) is 50.8 Å². The maximum absolute atomic E-state index is 12.2. The van der Waals surface area contributed by atoms with Gasteiger partial charge in [-0.3, -0.25) is 0 Å². The molecule has 1 N–H and O–H groups in total. The van der Waals surface area contributed by atoms with Gasteiger partial charge in [-0.1, -0.05) is 0 Å². The van der Waals surface area contributed by atoms with E-state index in [-0.39, 0.29) is 17.7 Å². The molecule has 0 radical (unpaired) electrons. The molecule has 2 aliphatic rings. The fraction of sp³-hybridized carbons (Fsp3) is 0.929. The Balaban J connectivity index is 1.95. The van der Waals surface area contributed by atoms with Crippen molar-refractivity contribution in [3.05, 3.63) is 0 Å². The molecule has 1 unspecified atom stereocenters. The molecule has 2 rings (SSSR count). The van der Waals surface area contributed by atoms with Gasteiger partial charge < -0.3 is 19.7 Å². The van der Waals surface area contributed by atoms with Crippen molar-refractivity contribution < 1.29 is 14.3 Å². The summed E-state index contributed by atoms with van der Waals surface area (Å²) in [5.74, 6) is 0. The second-order valence-corrected chi connectivity index (χ2v) is 6.66. The third-order valence-corrected chi connectivity index (χ3v) is 3.94. The van der Waals surface area contributed by atoms with E-state index < -0.39 is 5.60 Å². The van der Waals surface area contributed by atoms with Gasteiger partial charge in [-0.2, -0.15) is 0 Å². The summed E-state index contributed by atoms with van der Waals surface area (Å²) < 4.78 is 11.1. The number of carbonyl (C=O) groups excluding carboxylic acids is 1. The van der Waals surface area contributed by atoms with Crippen LogP contribution in [0.5, 0.6) is 0 Å². The van der Waals surface area contributed by atoms with E-state index in [2.05, 4.69) is 5.32 Å². The summed E-state index contributed by atoms with van der Waals surface area (Å²) in [4.78, 5) is 14.1. The lowest BCUT2D eigenvalue weighted by atomic mass is 9.88. The third kappa shape index (κ3) is 3.39. The van der Waals surface area contributed by atoms with Crippen LogP contribution in [0, 0.1) is 0 Å². The highest BCUT2D eigenvalue weighted by molar-refractivity contribution is 5.69. The van der Waals surface area contributed by atoms with Gasteiger partial charge in [-0.25, -0.2) is 4.79 Å². The fourth-order valence-electron chi connectivity index (χ4n) is 2.81. The molecule has 110 valence electrons. The van der Waals surface area contributed by atoms with E-state index in [1.165, 1.54) is 0 Å². The Hall–Kier alpha value is -0.810. The number of amides is 1. The quantitative estimate of drug-likeness (QED) is 0.849. The lowest BCUT2D eigenvalue weighted by Gasteiger charge is -2.44. The summed E-state index contributed by atoms with van der Waals surface area (Å²) in [6.45, 7) is 8.27. The molecule has 0 bridgehead atoms. The van der Waals surface area contributed by atoms with Gasteiger partial charge in [0.2, 0.25) is 0 Å². The molecule has 0 spiro atoms. The summed E-state index contributed by atoms with van der Waals surface area (Å²) in [6, 6.07) is 0.247. The molecule has 0 aromatic rings. The van der Waals surface area contributed by atoms with Crippen molar-refractivity contribution in [1.29, 1.82) is 0 Å². The Labute approximate surface area is 115 Å². The Morgan fingerprint density at radius 2 is 2.11 bits per heavy atom. The van der Waals surface area contributed by atoms with Crippen molar-refractivity contribution in [3.63, 3.8) is 0 Å². The van der Waals surface area contributed by atoms with Crippen LogP contribution in [0.15, 0.2) is 0 Å². The van der Waals surface area contributed by atoms with E-state index in [0.29, 0.717) is 0 Å². The van der Waals surface area contributed by atoms with Gasteiger partial charge in [0.15, 0.2) is 0 Å². The maximum atomic E-state index is 12.2. The molecule has 2 saturated heterocycles. The van der Waals surface area contributed by atoms with Crippen LogP contribution < -0.4 is 5.32 Å². The van der Waals surface area contributed by atoms with Crippen molar-refractivity contribution in [3.8, 4) is 0 Å². The Kier molecular flexibility index (Phi) is 4.06. The van der Waals surface area contributed by atoms with Crippen LogP contribution in [0.25, 0.3) is 0 Å². The first-order chi connectivity index (χ1) is 8.85. The van der Waals surface area contributed by atoms with E-state index in [9.17, 15) is 4.79 Å². The number of carbonyl (C=O) groups is 1. The molecule has 1 atom stereocenters. The standard InChI is InChI=1S/C14H26N2O3/c1-13(2,3)19-12(17)16-7-5-6-11(16)8-14(18-4)9-15-10-14/h11,15H,5-10H2,1-4H3. The van der Waals surface area contributed by atoms with Crippen LogP contribution in [0.2, 0.25) is 0 Å². The number of nitrogens with one attached hydrogen (secondary N) is 1. The first-order valence-corrected chi connectivity index (χ1v) is 7.11. The average Bonchev–Trinajstić information content (AvgIpc) is 2.69. The zero-order chi connectivity index (χ0) is 14.1. The molecule has 0 saturated carbocycles. The third-order valence-electron chi connectivity index (χ3n) is 3.94. The number of ether oxygens (including phenoxy) is 2. The van der Waals surface area contributed by atoms with E-state index in [0.717, 1.165) is 38.9 Å². The van der Waals surface area contributed by atoms with Gasteiger partial charge in [0.25, 0.3) is 0 Å². The molecule has 2 fully saturated rings. The fourth-order valence-corrected chi connectivity index (χ4v) is 2.81. The van der Waals surface area contributed by atoms with Crippen LogP contribution in [0.4, 0.5) is 4.79 Å². The highest BCUT2D eigenvalue weighted by atomic mass is 16.6. The number of hydrogen-bond acceptors (Lipinski definition) is 4. The van der Waals surface area contributed by atoms with Crippen LogP contribution >= 0.6 is 0 Å². The Morgan fingerprint density at radius 1 is 1.42 bits per heavy atom. The summed E-state index contributed by atoms with van der Waals surface area (Å²) in [6.07, 6.45) is 2.81. The van der Waals surface area contributed by atoms with Crippen molar-refractivity contribution in [2.24, 2.45) is 0 Å². The second-order valence-electron chi connectivity index (χ2n) is 6.66. The van der Waals surface area contributed by atoms with Gasteiger partial charge in [-0.05, 0) is 40.0 Å². The van der Waals surface area contributed by atoms with E-state index in [1.807, 2.05) is 25.7 Å². The maximum Gasteiger partial charge on any atom is 0.410 e. The first kappa shape index (κ1) is 14.6. The van der Waals surface area contributed by atoms with Gasteiger partial charge in [0.1, 0.15) is 5.60 Å². The van der Waals surface area contributed by atoms with Crippen LogP contribution in [0.1, 0.15) is 40.0 Å². The molecule has 0 aromatic heterocycles. The number of hydrogen-bond donors (Lipinski definition) is 1. The van der Waals surface area contributed by atoms with E-state index in [4.69, 9.17) is 9.47 Å². The minimum Gasteiger partial charge on any atom is -0.444 e. The number of methoxy groups -OCH3 is 1. The smallest absolute Gasteiger partial charge is 0.410 e.